The normalized spacial score (nSPS) is 12.1. The molecule has 0 aromatic heterocycles. The van der Waals surface area contributed by atoms with Crippen molar-refractivity contribution < 1.29 is 14.3 Å². The third-order valence-corrected chi connectivity index (χ3v) is 8.40. The maximum Gasteiger partial charge on any atom is 0.195 e. The molecule has 0 atom stereocenters. The second kappa shape index (κ2) is 10.7. The maximum absolute atomic E-state index is 13.7. The van der Waals surface area contributed by atoms with Crippen molar-refractivity contribution in [2.24, 2.45) is 0 Å². The minimum Gasteiger partial charge on any atom is -0.489 e. The van der Waals surface area contributed by atoms with Crippen molar-refractivity contribution in [3.05, 3.63) is 149 Å². The number of hydrogen-bond donors (Lipinski definition) is 0. The smallest absolute Gasteiger partial charge is 0.195 e. The number of carbonyl (C=O) groups excluding carboxylic acids is 2. The van der Waals surface area contributed by atoms with E-state index in [2.05, 4.69) is 0 Å². The van der Waals surface area contributed by atoms with Gasteiger partial charge < -0.3 is 4.74 Å². The molecule has 0 fully saturated rings. The summed E-state index contributed by atoms with van der Waals surface area (Å²) >= 11 is 2.98. The summed E-state index contributed by atoms with van der Waals surface area (Å²) in [5, 5.41) is 0. The fourth-order valence-corrected chi connectivity index (χ4v) is 6.41. The molecule has 0 N–H and O–H groups in total. The summed E-state index contributed by atoms with van der Waals surface area (Å²) in [5.41, 5.74) is 2.98. The van der Waals surface area contributed by atoms with Gasteiger partial charge in [-0.15, -0.1) is 0 Å². The number of ether oxygens (including phenoxy) is 1. The zero-order chi connectivity index (χ0) is 25.9. The molecule has 1 aliphatic rings. The van der Waals surface area contributed by atoms with Crippen molar-refractivity contribution in [2.45, 2.75) is 26.2 Å². The topological polar surface area (TPSA) is 43.4 Å². The Hall–Kier alpha value is -4.06. The summed E-state index contributed by atoms with van der Waals surface area (Å²) in [5.74, 6) is 0.550. The molecule has 0 amide bonds. The molecule has 3 nitrogen and oxygen atoms in total. The molecule has 0 saturated heterocycles. The van der Waals surface area contributed by atoms with E-state index < -0.39 is 0 Å². The molecule has 5 heteroatoms. The molecule has 0 spiro atoms. The van der Waals surface area contributed by atoms with Crippen LogP contribution >= 0.6 is 23.5 Å². The van der Waals surface area contributed by atoms with E-state index in [9.17, 15) is 9.59 Å². The van der Waals surface area contributed by atoms with Crippen LogP contribution in [0.4, 0.5) is 0 Å². The molecule has 5 aromatic carbocycles. The average molecular weight is 531 g/mol. The van der Waals surface area contributed by atoms with Gasteiger partial charge in [0.1, 0.15) is 12.4 Å². The van der Waals surface area contributed by atoms with Gasteiger partial charge in [-0.25, -0.2) is 0 Å². The van der Waals surface area contributed by atoms with Crippen molar-refractivity contribution in [1.29, 1.82) is 0 Å². The first-order chi connectivity index (χ1) is 18.7. The van der Waals surface area contributed by atoms with Crippen LogP contribution in [0, 0.1) is 0 Å². The summed E-state index contributed by atoms with van der Waals surface area (Å²) in [4.78, 5) is 31.0. The highest BCUT2D eigenvalue weighted by Gasteiger charge is 2.33. The van der Waals surface area contributed by atoms with Crippen LogP contribution in [0.1, 0.15) is 37.4 Å². The van der Waals surface area contributed by atoms with Gasteiger partial charge >= 0.3 is 0 Å². The van der Waals surface area contributed by atoms with E-state index in [1.54, 1.807) is 12.1 Å². The summed E-state index contributed by atoms with van der Waals surface area (Å²) in [6.45, 7) is 0.500. The first-order valence-electron chi connectivity index (χ1n) is 12.2. The first-order valence-corrected chi connectivity index (χ1v) is 13.8. The summed E-state index contributed by atoms with van der Waals surface area (Å²) < 4.78 is 5.90. The fourth-order valence-electron chi connectivity index (χ4n) is 4.44. The van der Waals surface area contributed by atoms with Crippen LogP contribution in [0.2, 0.25) is 0 Å². The fraction of sp³-hybridized carbons (Fsp3) is 0.0303. The number of rotatable bonds is 7. The molecule has 0 bridgehead atoms. The predicted molar refractivity (Wildman–Crippen MR) is 152 cm³/mol. The number of hydrogen-bond acceptors (Lipinski definition) is 5. The monoisotopic (exact) mass is 530 g/mol. The van der Waals surface area contributed by atoms with Crippen molar-refractivity contribution >= 4 is 35.1 Å². The average Bonchev–Trinajstić information content (AvgIpc) is 2.96. The molecular formula is C33H22O3S2. The van der Waals surface area contributed by atoms with Gasteiger partial charge in [0.05, 0.1) is 0 Å². The number of ketones is 2. The van der Waals surface area contributed by atoms with Crippen molar-refractivity contribution in [3.8, 4) is 5.75 Å². The minimum atomic E-state index is -0.115. The highest BCUT2D eigenvalue weighted by atomic mass is 32.2. The molecule has 5 aromatic rings. The van der Waals surface area contributed by atoms with E-state index in [1.165, 1.54) is 23.5 Å². The minimum absolute atomic E-state index is 0.110. The summed E-state index contributed by atoms with van der Waals surface area (Å²) in [7, 11) is 0. The quantitative estimate of drug-likeness (QED) is 0.208. The van der Waals surface area contributed by atoms with Crippen molar-refractivity contribution in [2.75, 3.05) is 0 Å². The third kappa shape index (κ3) is 4.91. The molecular weight excluding hydrogens is 508 g/mol. The highest BCUT2D eigenvalue weighted by molar-refractivity contribution is 7.99. The summed E-state index contributed by atoms with van der Waals surface area (Å²) in [6.07, 6.45) is 0. The van der Waals surface area contributed by atoms with Crippen LogP contribution in [-0.4, -0.2) is 11.6 Å². The van der Waals surface area contributed by atoms with E-state index in [0.29, 0.717) is 28.9 Å². The molecule has 38 heavy (non-hydrogen) atoms. The van der Waals surface area contributed by atoms with E-state index in [4.69, 9.17) is 4.74 Å². The molecule has 0 aliphatic heterocycles. The van der Waals surface area contributed by atoms with Gasteiger partial charge in [0, 0.05) is 41.8 Å². The Morgan fingerprint density at radius 3 is 1.55 bits per heavy atom. The molecule has 0 saturated carbocycles. The van der Waals surface area contributed by atoms with Crippen LogP contribution in [0.15, 0.2) is 141 Å². The molecule has 184 valence electrons. The van der Waals surface area contributed by atoms with Crippen LogP contribution in [0.3, 0.4) is 0 Å². The predicted octanol–water partition coefficient (Wildman–Crippen LogP) is 8.34. The van der Waals surface area contributed by atoms with E-state index in [-0.39, 0.29) is 11.6 Å². The molecule has 1 aliphatic carbocycles. The Bertz CT molecular complexity index is 1630. The Kier molecular flexibility index (Phi) is 6.86. The van der Waals surface area contributed by atoms with Gasteiger partial charge in [0.15, 0.2) is 11.6 Å². The number of benzene rings is 5. The second-order valence-corrected chi connectivity index (χ2v) is 11.0. The Labute approximate surface area is 229 Å². The largest absolute Gasteiger partial charge is 0.489 e. The lowest BCUT2D eigenvalue weighted by atomic mass is 9.84. The lowest BCUT2D eigenvalue weighted by Crippen LogP contribution is -2.22. The summed E-state index contributed by atoms with van der Waals surface area (Å²) in [6, 6.07) is 38.7. The van der Waals surface area contributed by atoms with Crippen molar-refractivity contribution in [3.63, 3.8) is 0 Å². The Morgan fingerprint density at radius 2 is 1.00 bits per heavy atom. The van der Waals surface area contributed by atoms with E-state index in [0.717, 1.165) is 30.9 Å². The van der Waals surface area contributed by atoms with Crippen LogP contribution in [0.25, 0.3) is 0 Å². The molecule has 0 heterocycles. The lowest BCUT2D eigenvalue weighted by molar-refractivity contribution is 0.0974. The third-order valence-electron chi connectivity index (χ3n) is 6.27. The van der Waals surface area contributed by atoms with Crippen LogP contribution < -0.4 is 4.74 Å². The molecule has 0 radical (unpaired) electrons. The van der Waals surface area contributed by atoms with E-state index in [1.807, 2.05) is 109 Å². The van der Waals surface area contributed by atoms with Gasteiger partial charge in [-0.2, -0.15) is 0 Å². The van der Waals surface area contributed by atoms with Crippen LogP contribution in [0.5, 0.6) is 5.75 Å². The van der Waals surface area contributed by atoms with Crippen molar-refractivity contribution in [1.82, 2.24) is 0 Å². The second-order valence-electron chi connectivity index (χ2n) is 8.78. The van der Waals surface area contributed by atoms with Gasteiger partial charge in [-0.1, -0.05) is 96.3 Å². The zero-order valence-corrected chi connectivity index (χ0v) is 21.9. The lowest BCUT2D eigenvalue weighted by Gasteiger charge is -2.22. The number of fused-ring (bicyclic) bond motifs is 2. The van der Waals surface area contributed by atoms with Gasteiger partial charge in [0.25, 0.3) is 0 Å². The Balaban J connectivity index is 1.26. The maximum atomic E-state index is 13.7. The Morgan fingerprint density at radius 1 is 0.500 bits per heavy atom. The van der Waals surface area contributed by atoms with Crippen LogP contribution in [-0.2, 0) is 6.61 Å². The zero-order valence-electron chi connectivity index (χ0n) is 20.3. The molecule has 6 rings (SSSR count). The van der Waals surface area contributed by atoms with Gasteiger partial charge in [-0.05, 0) is 54.1 Å². The first kappa shape index (κ1) is 24.3. The number of carbonyl (C=O) groups is 2. The SMILES string of the molecule is O=C1c2cccc(Sc3ccc(OCc4ccccc4)cc3)c2C(=O)c2cccc(Sc3ccccc3)c21. The highest BCUT2D eigenvalue weighted by Crippen LogP contribution is 2.41. The van der Waals surface area contributed by atoms with Gasteiger partial charge in [-0.3, -0.25) is 9.59 Å². The van der Waals surface area contributed by atoms with E-state index >= 15 is 0 Å². The standard InChI is InChI=1S/C33H22O3S2/c34-32-27-14-8-16-29(38-25-19-17-23(18-20-25)36-21-22-9-3-1-4-10-22)31(27)33(35)26-13-7-15-28(30(26)32)37-24-11-5-2-6-12-24/h1-20H,21H2. The molecule has 0 unspecified atom stereocenters. The van der Waals surface area contributed by atoms with Gasteiger partial charge in [0.2, 0.25) is 0 Å².